The highest BCUT2D eigenvalue weighted by Gasteiger charge is 2.17. The van der Waals surface area contributed by atoms with E-state index < -0.39 is 5.97 Å². The maximum Gasteiger partial charge on any atom is 0.358 e. The van der Waals surface area contributed by atoms with Crippen LogP contribution in [0.4, 0.5) is 0 Å². The quantitative estimate of drug-likeness (QED) is 0.907. The Morgan fingerprint density at radius 2 is 2.16 bits per heavy atom. The van der Waals surface area contributed by atoms with E-state index in [0.717, 1.165) is 0 Å². The Labute approximate surface area is 110 Å². The predicted molar refractivity (Wildman–Crippen MR) is 67.4 cm³/mol. The highest BCUT2D eigenvalue weighted by molar-refractivity contribution is 5.88. The lowest BCUT2D eigenvalue weighted by molar-refractivity contribution is 0.0686. The van der Waals surface area contributed by atoms with Crippen LogP contribution in [0, 0.1) is 0 Å². The molecular weight excluding hydrogens is 246 g/mol. The lowest BCUT2D eigenvalue weighted by Crippen LogP contribution is -2.08. The zero-order valence-corrected chi connectivity index (χ0v) is 10.6. The van der Waals surface area contributed by atoms with Gasteiger partial charge in [-0.3, -0.25) is 4.98 Å². The van der Waals surface area contributed by atoms with Gasteiger partial charge < -0.3 is 9.84 Å². The van der Waals surface area contributed by atoms with Crippen LogP contribution in [0.2, 0.25) is 0 Å². The fourth-order valence-electron chi connectivity index (χ4n) is 1.42. The van der Waals surface area contributed by atoms with Gasteiger partial charge >= 0.3 is 5.97 Å². The largest absolute Gasteiger partial charge is 0.476 e. The highest BCUT2D eigenvalue weighted by atomic mass is 16.5. The monoisotopic (exact) mass is 259 g/mol. The van der Waals surface area contributed by atoms with Crippen LogP contribution in [0.15, 0.2) is 30.7 Å². The van der Waals surface area contributed by atoms with Crippen LogP contribution in [0.1, 0.15) is 36.1 Å². The summed E-state index contributed by atoms with van der Waals surface area (Å²) in [6, 6.07) is 3.37. The Balaban J connectivity index is 2.37. The molecule has 1 N–H and O–H groups in total. The number of hydrogen-bond donors (Lipinski definition) is 1. The molecule has 6 nitrogen and oxygen atoms in total. The van der Waals surface area contributed by atoms with Gasteiger partial charge in [-0.15, -0.1) is 0 Å². The summed E-state index contributed by atoms with van der Waals surface area (Å²) >= 11 is 0. The number of carboxylic acid groups (broad SMARTS) is 1. The third-order valence-corrected chi connectivity index (χ3v) is 2.36. The molecule has 0 aliphatic rings. The van der Waals surface area contributed by atoms with Crippen molar-refractivity contribution in [1.29, 1.82) is 0 Å². The van der Waals surface area contributed by atoms with Gasteiger partial charge in [0.25, 0.3) is 0 Å². The van der Waals surface area contributed by atoms with Crippen molar-refractivity contribution in [2.45, 2.75) is 19.8 Å². The van der Waals surface area contributed by atoms with E-state index in [-0.39, 0.29) is 17.4 Å². The first kappa shape index (κ1) is 12.9. The minimum absolute atomic E-state index is 0.0468. The third-order valence-electron chi connectivity index (χ3n) is 2.36. The third kappa shape index (κ3) is 3.04. The molecule has 0 amide bonds. The predicted octanol–water partition coefficient (Wildman–Crippen LogP) is 2.49. The second kappa shape index (κ2) is 5.43. The van der Waals surface area contributed by atoms with E-state index >= 15 is 0 Å². The molecule has 0 fully saturated rings. The van der Waals surface area contributed by atoms with Gasteiger partial charge in [-0.2, -0.15) is 0 Å². The molecule has 98 valence electrons. The second-order valence-electron chi connectivity index (χ2n) is 4.19. The average molecular weight is 259 g/mol. The molecule has 19 heavy (non-hydrogen) atoms. The van der Waals surface area contributed by atoms with E-state index in [4.69, 9.17) is 9.84 Å². The fraction of sp³-hybridized carbons (Fsp3) is 0.231. The van der Waals surface area contributed by atoms with Crippen molar-refractivity contribution in [2.75, 3.05) is 0 Å². The lowest BCUT2D eigenvalue weighted by Gasteiger charge is -2.09. The topological polar surface area (TPSA) is 85.2 Å². The average Bonchev–Trinajstić information content (AvgIpc) is 2.39. The summed E-state index contributed by atoms with van der Waals surface area (Å²) in [6.07, 6.45) is 4.46. The molecule has 0 aliphatic heterocycles. The maximum atomic E-state index is 11.2. The lowest BCUT2D eigenvalue weighted by atomic mass is 10.2. The summed E-state index contributed by atoms with van der Waals surface area (Å²) in [5.41, 5.74) is -0.150. The van der Waals surface area contributed by atoms with E-state index in [1.165, 1.54) is 12.4 Å². The summed E-state index contributed by atoms with van der Waals surface area (Å²) in [5, 5.41) is 9.16. The van der Waals surface area contributed by atoms with Crippen molar-refractivity contribution in [1.82, 2.24) is 15.0 Å². The first-order valence-electron chi connectivity index (χ1n) is 5.76. The van der Waals surface area contributed by atoms with Gasteiger partial charge in [0.2, 0.25) is 0 Å². The summed E-state index contributed by atoms with van der Waals surface area (Å²) in [6.45, 7) is 3.78. The van der Waals surface area contributed by atoms with Crippen LogP contribution in [0.25, 0.3) is 0 Å². The number of nitrogens with zero attached hydrogens (tertiary/aromatic N) is 3. The standard InChI is InChI=1S/C13H13N3O3/c1-8(2)12-15-7-10(11(16-12)13(17)18)19-9-4-3-5-14-6-9/h3-8H,1-2H3,(H,17,18). The van der Waals surface area contributed by atoms with E-state index in [2.05, 4.69) is 15.0 Å². The van der Waals surface area contributed by atoms with Gasteiger partial charge in [-0.1, -0.05) is 13.8 Å². The maximum absolute atomic E-state index is 11.2. The first-order valence-corrected chi connectivity index (χ1v) is 5.76. The van der Waals surface area contributed by atoms with Crippen molar-refractivity contribution in [2.24, 2.45) is 0 Å². The minimum Gasteiger partial charge on any atom is -0.476 e. The van der Waals surface area contributed by atoms with Gasteiger partial charge in [0, 0.05) is 12.1 Å². The zero-order chi connectivity index (χ0) is 13.8. The van der Waals surface area contributed by atoms with Gasteiger partial charge in [0.1, 0.15) is 11.6 Å². The summed E-state index contributed by atoms with van der Waals surface area (Å²) < 4.78 is 5.44. The molecule has 2 aromatic rings. The molecule has 2 rings (SSSR count). The van der Waals surface area contributed by atoms with Crippen molar-refractivity contribution in [3.05, 3.63) is 42.2 Å². The molecule has 0 unspecified atom stereocenters. The smallest absolute Gasteiger partial charge is 0.358 e. The normalized spacial score (nSPS) is 10.5. The SMILES string of the molecule is CC(C)c1ncc(Oc2cccnc2)c(C(=O)O)n1. The van der Waals surface area contributed by atoms with Gasteiger partial charge in [-0.25, -0.2) is 14.8 Å². The Morgan fingerprint density at radius 3 is 2.74 bits per heavy atom. The van der Waals surface area contributed by atoms with Crippen LogP contribution in [0.5, 0.6) is 11.5 Å². The highest BCUT2D eigenvalue weighted by Crippen LogP contribution is 2.24. The van der Waals surface area contributed by atoms with Crippen molar-refractivity contribution < 1.29 is 14.6 Å². The van der Waals surface area contributed by atoms with E-state index in [9.17, 15) is 4.79 Å². The van der Waals surface area contributed by atoms with Crippen molar-refractivity contribution >= 4 is 5.97 Å². The number of carbonyl (C=O) groups is 1. The Kier molecular flexibility index (Phi) is 3.70. The van der Waals surface area contributed by atoms with Crippen LogP contribution >= 0.6 is 0 Å². The molecule has 0 radical (unpaired) electrons. The molecule has 0 bridgehead atoms. The number of hydrogen-bond acceptors (Lipinski definition) is 5. The number of ether oxygens (including phenoxy) is 1. The van der Waals surface area contributed by atoms with Gasteiger partial charge in [0.05, 0.1) is 12.4 Å². The van der Waals surface area contributed by atoms with Crippen LogP contribution in [0.3, 0.4) is 0 Å². The fourth-order valence-corrected chi connectivity index (χ4v) is 1.42. The molecular formula is C13H13N3O3. The summed E-state index contributed by atoms with van der Waals surface area (Å²) in [5.74, 6) is -0.0968. The molecule has 2 aromatic heterocycles. The van der Waals surface area contributed by atoms with E-state index in [1.54, 1.807) is 18.3 Å². The summed E-state index contributed by atoms with van der Waals surface area (Å²) in [4.78, 5) is 23.2. The Bertz CT molecular complexity index is 585. The van der Waals surface area contributed by atoms with Crippen LogP contribution in [-0.4, -0.2) is 26.0 Å². The number of aromatic carboxylic acids is 1. The number of carboxylic acids is 1. The molecule has 0 atom stereocenters. The van der Waals surface area contributed by atoms with E-state index in [0.29, 0.717) is 11.6 Å². The van der Waals surface area contributed by atoms with Crippen LogP contribution in [-0.2, 0) is 0 Å². The van der Waals surface area contributed by atoms with Crippen LogP contribution < -0.4 is 4.74 Å². The summed E-state index contributed by atoms with van der Waals surface area (Å²) in [7, 11) is 0. The molecule has 0 spiro atoms. The molecule has 0 saturated carbocycles. The molecule has 0 aliphatic carbocycles. The number of rotatable bonds is 4. The number of aromatic nitrogens is 3. The van der Waals surface area contributed by atoms with Crippen molar-refractivity contribution in [3.8, 4) is 11.5 Å². The molecule has 2 heterocycles. The van der Waals surface area contributed by atoms with Gasteiger partial charge in [-0.05, 0) is 12.1 Å². The molecule has 0 aromatic carbocycles. The second-order valence-corrected chi connectivity index (χ2v) is 4.19. The van der Waals surface area contributed by atoms with E-state index in [1.807, 2.05) is 13.8 Å². The molecule has 6 heteroatoms. The Hall–Kier alpha value is -2.50. The van der Waals surface area contributed by atoms with Crippen molar-refractivity contribution in [3.63, 3.8) is 0 Å². The molecule has 0 saturated heterocycles. The van der Waals surface area contributed by atoms with Gasteiger partial charge in [0.15, 0.2) is 11.4 Å². The Morgan fingerprint density at radius 1 is 1.37 bits per heavy atom. The number of pyridine rings is 1. The first-order chi connectivity index (χ1) is 9.08. The minimum atomic E-state index is -1.15. The zero-order valence-electron chi connectivity index (χ0n) is 10.6.